The maximum atomic E-state index is 13.6. The molecule has 2 amide bonds. The molecule has 1 saturated heterocycles. The SMILES string of the molecule is CCC(C(=O)N1CCCCC1c1nc(-c2ccc(C)c(NC(=O)c3cnc4ccccn34)c2)no1)C(C)(C)C. The standard InChI is InChI=1S/C30H36N6O3/c1-6-21(30(3,4)5)29(38)36-16-9-7-11-23(36)28-33-26(34-39-28)20-14-13-19(2)22(17-20)32-27(37)24-18-31-25-12-8-10-15-35(24)25/h8,10,12-15,17-18,21,23H,6-7,9,11,16H2,1-5H3,(H,32,37). The van der Waals surface area contributed by atoms with Gasteiger partial charge in [0.25, 0.3) is 5.91 Å². The van der Waals surface area contributed by atoms with Gasteiger partial charge < -0.3 is 14.7 Å². The van der Waals surface area contributed by atoms with Crippen LogP contribution >= 0.6 is 0 Å². The zero-order valence-electron chi connectivity index (χ0n) is 23.3. The van der Waals surface area contributed by atoms with Crippen LogP contribution in [0.5, 0.6) is 0 Å². The number of hydrogen-bond donors (Lipinski definition) is 1. The lowest BCUT2D eigenvalue weighted by Gasteiger charge is -2.39. The molecule has 0 spiro atoms. The van der Waals surface area contributed by atoms with Crippen LogP contribution in [-0.2, 0) is 4.79 Å². The summed E-state index contributed by atoms with van der Waals surface area (Å²) in [6, 6.07) is 11.0. The smallest absolute Gasteiger partial charge is 0.274 e. The predicted octanol–water partition coefficient (Wildman–Crippen LogP) is 6.07. The van der Waals surface area contributed by atoms with Crippen LogP contribution in [0.4, 0.5) is 5.69 Å². The first-order chi connectivity index (χ1) is 18.7. The number of rotatable bonds is 6. The van der Waals surface area contributed by atoms with Gasteiger partial charge in [0, 0.05) is 29.9 Å². The summed E-state index contributed by atoms with van der Waals surface area (Å²) >= 11 is 0. The molecule has 1 aliphatic rings. The van der Waals surface area contributed by atoms with Crippen molar-refractivity contribution in [2.24, 2.45) is 11.3 Å². The molecule has 2 unspecified atom stereocenters. The number of aryl methyl sites for hydroxylation is 1. The highest BCUT2D eigenvalue weighted by Gasteiger charge is 2.39. The fourth-order valence-electron chi connectivity index (χ4n) is 5.48. The third kappa shape index (κ3) is 5.30. The lowest BCUT2D eigenvalue weighted by atomic mass is 9.77. The highest BCUT2D eigenvalue weighted by molar-refractivity contribution is 6.04. The number of aromatic nitrogens is 4. The second-order valence-corrected chi connectivity index (χ2v) is 11.4. The topological polar surface area (TPSA) is 106 Å². The molecule has 2 atom stereocenters. The minimum absolute atomic E-state index is 0.0725. The molecule has 0 saturated carbocycles. The molecule has 1 aliphatic heterocycles. The number of anilines is 1. The Morgan fingerprint density at radius 2 is 2.00 bits per heavy atom. The molecule has 39 heavy (non-hydrogen) atoms. The van der Waals surface area contributed by atoms with Crippen molar-refractivity contribution in [3.63, 3.8) is 0 Å². The van der Waals surface area contributed by atoms with E-state index in [1.54, 1.807) is 10.6 Å². The van der Waals surface area contributed by atoms with Crippen molar-refractivity contribution in [1.29, 1.82) is 0 Å². The van der Waals surface area contributed by atoms with Crippen molar-refractivity contribution >= 4 is 23.1 Å². The molecule has 0 radical (unpaired) electrons. The Bertz CT molecular complexity index is 1500. The molecule has 1 fully saturated rings. The third-order valence-corrected chi connectivity index (χ3v) is 7.66. The number of pyridine rings is 1. The summed E-state index contributed by atoms with van der Waals surface area (Å²) in [6.45, 7) is 11.0. The molecule has 4 heterocycles. The summed E-state index contributed by atoms with van der Waals surface area (Å²) in [5.41, 5.74) is 3.30. The van der Waals surface area contributed by atoms with Crippen LogP contribution in [-0.4, -0.2) is 42.8 Å². The van der Waals surface area contributed by atoms with Gasteiger partial charge in [-0.05, 0) is 61.8 Å². The molecule has 9 heteroatoms. The normalized spacial score (nSPS) is 16.8. The van der Waals surface area contributed by atoms with Crippen molar-refractivity contribution in [1.82, 2.24) is 24.4 Å². The summed E-state index contributed by atoms with van der Waals surface area (Å²) in [4.78, 5) is 37.7. The number of piperidine rings is 1. The number of nitrogens with one attached hydrogen (secondary N) is 1. The van der Waals surface area contributed by atoms with Gasteiger partial charge in [0.15, 0.2) is 0 Å². The first kappa shape index (κ1) is 26.6. The van der Waals surface area contributed by atoms with E-state index in [2.05, 4.69) is 43.2 Å². The van der Waals surface area contributed by atoms with Crippen LogP contribution in [0.25, 0.3) is 17.0 Å². The van der Waals surface area contributed by atoms with Crippen molar-refractivity contribution in [2.45, 2.75) is 66.3 Å². The average molecular weight is 529 g/mol. The van der Waals surface area contributed by atoms with Crippen LogP contribution in [0.1, 0.15) is 81.4 Å². The zero-order chi connectivity index (χ0) is 27.7. The van der Waals surface area contributed by atoms with Gasteiger partial charge in [-0.3, -0.25) is 14.0 Å². The van der Waals surface area contributed by atoms with Crippen LogP contribution in [0.3, 0.4) is 0 Å². The molecule has 0 bridgehead atoms. The molecular weight excluding hydrogens is 492 g/mol. The number of nitrogens with zero attached hydrogens (tertiary/aromatic N) is 5. The van der Waals surface area contributed by atoms with Crippen molar-refractivity contribution < 1.29 is 14.1 Å². The molecule has 204 valence electrons. The van der Waals surface area contributed by atoms with E-state index in [1.165, 1.54) is 0 Å². The van der Waals surface area contributed by atoms with E-state index in [1.807, 2.05) is 54.4 Å². The number of hydrogen-bond acceptors (Lipinski definition) is 6. The Hall–Kier alpha value is -4.01. The highest BCUT2D eigenvalue weighted by atomic mass is 16.5. The summed E-state index contributed by atoms with van der Waals surface area (Å²) < 4.78 is 7.49. The Morgan fingerprint density at radius 3 is 2.77 bits per heavy atom. The monoisotopic (exact) mass is 528 g/mol. The lowest BCUT2D eigenvalue weighted by Crippen LogP contribution is -2.45. The predicted molar refractivity (Wildman–Crippen MR) is 149 cm³/mol. The summed E-state index contributed by atoms with van der Waals surface area (Å²) in [6.07, 6.45) is 6.93. The van der Waals surface area contributed by atoms with Gasteiger partial charge >= 0.3 is 0 Å². The van der Waals surface area contributed by atoms with Crippen molar-refractivity contribution in [3.05, 3.63) is 65.9 Å². The van der Waals surface area contributed by atoms with E-state index >= 15 is 0 Å². The maximum Gasteiger partial charge on any atom is 0.274 e. The molecule has 9 nitrogen and oxygen atoms in total. The van der Waals surface area contributed by atoms with E-state index in [0.717, 1.165) is 36.8 Å². The van der Waals surface area contributed by atoms with Gasteiger partial charge in [0.05, 0.1) is 6.20 Å². The van der Waals surface area contributed by atoms with Crippen molar-refractivity contribution in [3.8, 4) is 11.4 Å². The first-order valence-electron chi connectivity index (χ1n) is 13.7. The molecule has 0 aliphatic carbocycles. The van der Waals surface area contributed by atoms with Gasteiger partial charge in [-0.25, -0.2) is 4.98 Å². The first-order valence-corrected chi connectivity index (χ1v) is 13.7. The lowest BCUT2D eigenvalue weighted by molar-refractivity contribution is -0.144. The summed E-state index contributed by atoms with van der Waals surface area (Å²) in [5.74, 6) is 0.706. The number of carbonyl (C=O) groups is 2. The number of benzene rings is 1. The molecule has 3 aromatic heterocycles. The minimum atomic E-state index is -0.261. The Kier molecular flexibility index (Phi) is 7.25. The van der Waals surface area contributed by atoms with E-state index in [-0.39, 0.29) is 29.2 Å². The van der Waals surface area contributed by atoms with E-state index in [9.17, 15) is 9.59 Å². The molecule has 1 aromatic carbocycles. The van der Waals surface area contributed by atoms with Gasteiger partial charge in [0.1, 0.15) is 17.4 Å². The second-order valence-electron chi connectivity index (χ2n) is 11.4. The molecule has 1 N–H and O–H groups in total. The Labute approximate surface area is 228 Å². The molecule has 4 aromatic rings. The van der Waals surface area contributed by atoms with Crippen LogP contribution in [0.15, 0.2) is 53.3 Å². The number of imidazole rings is 1. The molecule has 5 rings (SSSR count). The Balaban J connectivity index is 1.38. The largest absolute Gasteiger partial charge is 0.337 e. The fraction of sp³-hybridized carbons (Fsp3) is 0.433. The number of carbonyl (C=O) groups excluding carboxylic acids is 2. The minimum Gasteiger partial charge on any atom is -0.337 e. The van der Waals surface area contributed by atoms with E-state index in [4.69, 9.17) is 9.51 Å². The van der Waals surface area contributed by atoms with Crippen molar-refractivity contribution in [2.75, 3.05) is 11.9 Å². The van der Waals surface area contributed by atoms with Crippen LogP contribution in [0, 0.1) is 18.3 Å². The van der Waals surface area contributed by atoms with Crippen LogP contribution < -0.4 is 5.32 Å². The summed E-state index contributed by atoms with van der Waals surface area (Å²) in [5, 5.41) is 7.26. The summed E-state index contributed by atoms with van der Waals surface area (Å²) in [7, 11) is 0. The average Bonchev–Trinajstić information content (AvgIpc) is 3.57. The number of fused-ring (bicyclic) bond motifs is 1. The number of amides is 2. The Morgan fingerprint density at radius 1 is 1.18 bits per heavy atom. The fourth-order valence-corrected chi connectivity index (χ4v) is 5.48. The zero-order valence-corrected chi connectivity index (χ0v) is 23.3. The highest BCUT2D eigenvalue weighted by Crippen LogP contribution is 2.37. The van der Waals surface area contributed by atoms with Gasteiger partial charge in [-0.2, -0.15) is 4.98 Å². The van der Waals surface area contributed by atoms with Crippen LogP contribution in [0.2, 0.25) is 0 Å². The van der Waals surface area contributed by atoms with E-state index < -0.39 is 0 Å². The maximum absolute atomic E-state index is 13.6. The quantitative estimate of drug-likeness (QED) is 0.326. The molecular formula is C30H36N6O3. The number of likely N-dealkylation sites (tertiary alicyclic amines) is 1. The van der Waals surface area contributed by atoms with Gasteiger partial charge in [0.2, 0.25) is 17.6 Å². The van der Waals surface area contributed by atoms with Gasteiger partial charge in [-0.15, -0.1) is 0 Å². The third-order valence-electron chi connectivity index (χ3n) is 7.66. The second kappa shape index (κ2) is 10.6. The van der Waals surface area contributed by atoms with Gasteiger partial charge in [-0.1, -0.05) is 51.1 Å². The van der Waals surface area contributed by atoms with E-state index in [0.29, 0.717) is 35.3 Å².